The number of carbonyl (C=O) groups is 1. The second-order valence-corrected chi connectivity index (χ2v) is 6.04. The van der Waals surface area contributed by atoms with Crippen LogP contribution >= 0.6 is 0 Å². The van der Waals surface area contributed by atoms with Crippen molar-refractivity contribution in [3.8, 4) is 17.2 Å². The lowest BCUT2D eigenvalue weighted by atomic mass is 10.0. The summed E-state index contributed by atoms with van der Waals surface area (Å²) in [5.41, 5.74) is 1.64. The van der Waals surface area contributed by atoms with Gasteiger partial charge < -0.3 is 19.6 Å². The van der Waals surface area contributed by atoms with Gasteiger partial charge in [-0.1, -0.05) is 53.7 Å². The SMILES string of the molecule is CNC(=O)/C(=N/OC)c1ccccc1COc1cccc(Oc2ccccc2)c1. The monoisotopic (exact) mass is 390 g/mol. The Morgan fingerprint density at radius 1 is 0.897 bits per heavy atom. The van der Waals surface area contributed by atoms with Gasteiger partial charge in [-0.15, -0.1) is 0 Å². The number of likely N-dealkylation sites (N-methyl/N-ethyl adjacent to an activating group) is 1. The first-order valence-corrected chi connectivity index (χ1v) is 9.08. The molecule has 0 aliphatic rings. The standard InChI is InChI=1S/C23H22N2O4/c1-24-23(26)22(25-27-2)21-14-7-6-9-17(21)16-28-19-12-8-13-20(15-19)29-18-10-4-3-5-11-18/h3-15H,16H2,1-2H3,(H,24,26)/b25-22+. The number of carbonyl (C=O) groups excluding carboxylic acids is 1. The minimum absolute atomic E-state index is 0.190. The van der Waals surface area contributed by atoms with E-state index in [1.807, 2.05) is 72.8 Å². The molecule has 0 atom stereocenters. The first-order chi connectivity index (χ1) is 14.2. The highest BCUT2D eigenvalue weighted by Crippen LogP contribution is 2.26. The van der Waals surface area contributed by atoms with Gasteiger partial charge in [0, 0.05) is 18.7 Å². The lowest BCUT2D eigenvalue weighted by Crippen LogP contribution is -2.29. The van der Waals surface area contributed by atoms with E-state index in [1.54, 1.807) is 13.1 Å². The number of oxime groups is 1. The van der Waals surface area contributed by atoms with Crippen molar-refractivity contribution in [2.45, 2.75) is 6.61 Å². The zero-order valence-corrected chi connectivity index (χ0v) is 16.3. The molecule has 0 aliphatic carbocycles. The molecule has 0 saturated carbocycles. The number of hydrogen-bond donors (Lipinski definition) is 1. The first kappa shape index (κ1) is 19.9. The number of hydrogen-bond acceptors (Lipinski definition) is 5. The fraction of sp³-hybridized carbons (Fsp3) is 0.130. The zero-order valence-electron chi connectivity index (χ0n) is 16.3. The summed E-state index contributed by atoms with van der Waals surface area (Å²) in [4.78, 5) is 17.0. The molecule has 0 aromatic heterocycles. The van der Waals surface area contributed by atoms with Crippen molar-refractivity contribution in [1.82, 2.24) is 5.32 Å². The highest BCUT2D eigenvalue weighted by atomic mass is 16.6. The predicted octanol–water partition coefficient (Wildman–Crippen LogP) is 4.15. The Labute approximate surface area is 169 Å². The maximum absolute atomic E-state index is 12.2. The van der Waals surface area contributed by atoms with Crippen molar-refractivity contribution in [2.24, 2.45) is 5.16 Å². The maximum Gasteiger partial charge on any atom is 0.273 e. The van der Waals surface area contributed by atoms with Crippen molar-refractivity contribution < 1.29 is 19.1 Å². The Morgan fingerprint density at radius 3 is 2.34 bits per heavy atom. The molecule has 0 aliphatic heterocycles. The molecule has 1 amide bonds. The molecule has 0 spiro atoms. The number of benzene rings is 3. The molecule has 148 valence electrons. The van der Waals surface area contributed by atoms with E-state index in [1.165, 1.54) is 7.11 Å². The van der Waals surface area contributed by atoms with Crippen LogP contribution in [-0.2, 0) is 16.2 Å². The summed E-state index contributed by atoms with van der Waals surface area (Å²) < 4.78 is 11.8. The van der Waals surface area contributed by atoms with Crippen molar-refractivity contribution in [2.75, 3.05) is 14.2 Å². The normalized spacial score (nSPS) is 10.9. The predicted molar refractivity (Wildman–Crippen MR) is 111 cm³/mol. The molecular weight excluding hydrogens is 368 g/mol. The van der Waals surface area contributed by atoms with E-state index in [-0.39, 0.29) is 18.2 Å². The van der Waals surface area contributed by atoms with Gasteiger partial charge in [0.25, 0.3) is 5.91 Å². The molecular formula is C23H22N2O4. The van der Waals surface area contributed by atoms with Gasteiger partial charge in [0.2, 0.25) is 0 Å². The van der Waals surface area contributed by atoms with Crippen molar-refractivity contribution in [1.29, 1.82) is 0 Å². The molecule has 0 bridgehead atoms. The third-order valence-corrected chi connectivity index (χ3v) is 4.08. The van der Waals surface area contributed by atoms with Crippen LogP contribution in [0.5, 0.6) is 17.2 Å². The molecule has 6 heteroatoms. The fourth-order valence-electron chi connectivity index (χ4n) is 2.71. The van der Waals surface area contributed by atoms with Crippen LogP contribution in [0.25, 0.3) is 0 Å². The van der Waals surface area contributed by atoms with Crippen LogP contribution in [-0.4, -0.2) is 25.8 Å². The number of rotatable bonds is 8. The molecule has 0 heterocycles. The van der Waals surface area contributed by atoms with Gasteiger partial charge in [-0.3, -0.25) is 4.79 Å². The van der Waals surface area contributed by atoms with Gasteiger partial charge in [-0.2, -0.15) is 0 Å². The molecule has 3 aromatic carbocycles. The Hall–Kier alpha value is -3.80. The number of nitrogens with one attached hydrogen (secondary N) is 1. The van der Waals surface area contributed by atoms with Crippen molar-refractivity contribution in [3.05, 3.63) is 90.0 Å². The summed E-state index contributed by atoms with van der Waals surface area (Å²) >= 11 is 0. The second kappa shape index (κ2) is 9.94. The Balaban J connectivity index is 1.76. The number of ether oxygens (including phenoxy) is 2. The maximum atomic E-state index is 12.2. The summed E-state index contributed by atoms with van der Waals surface area (Å²) in [7, 11) is 2.95. The molecule has 0 radical (unpaired) electrons. The van der Waals surface area contributed by atoms with E-state index in [0.29, 0.717) is 17.1 Å². The van der Waals surface area contributed by atoms with E-state index < -0.39 is 0 Å². The molecule has 6 nitrogen and oxygen atoms in total. The molecule has 3 rings (SSSR count). The molecule has 3 aromatic rings. The lowest BCUT2D eigenvalue weighted by molar-refractivity contribution is -0.114. The molecule has 0 fully saturated rings. The van der Waals surface area contributed by atoms with Gasteiger partial charge in [-0.05, 0) is 29.8 Å². The quantitative estimate of drug-likeness (QED) is 0.463. The number of amides is 1. The average Bonchev–Trinajstić information content (AvgIpc) is 2.77. The summed E-state index contributed by atoms with van der Waals surface area (Å²) in [6, 6.07) is 24.3. The van der Waals surface area contributed by atoms with Crippen LogP contribution in [0.1, 0.15) is 11.1 Å². The Bertz CT molecular complexity index is 987. The summed E-state index contributed by atoms with van der Waals surface area (Å²) in [6.07, 6.45) is 0. The van der Waals surface area contributed by atoms with Crippen LogP contribution in [0.2, 0.25) is 0 Å². The number of para-hydroxylation sites is 1. The fourth-order valence-corrected chi connectivity index (χ4v) is 2.71. The summed E-state index contributed by atoms with van der Waals surface area (Å²) in [5, 5.41) is 6.44. The smallest absolute Gasteiger partial charge is 0.273 e. The minimum Gasteiger partial charge on any atom is -0.489 e. The van der Waals surface area contributed by atoms with Crippen LogP contribution in [0, 0.1) is 0 Å². The van der Waals surface area contributed by atoms with Gasteiger partial charge in [0.15, 0.2) is 5.71 Å². The third-order valence-electron chi connectivity index (χ3n) is 4.08. The van der Waals surface area contributed by atoms with Crippen molar-refractivity contribution in [3.63, 3.8) is 0 Å². The minimum atomic E-state index is -0.336. The van der Waals surface area contributed by atoms with Gasteiger partial charge >= 0.3 is 0 Å². The van der Waals surface area contributed by atoms with Crippen LogP contribution < -0.4 is 14.8 Å². The highest BCUT2D eigenvalue weighted by Gasteiger charge is 2.17. The molecule has 29 heavy (non-hydrogen) atoms. The van der Waals surface area contributed by atoms with Gasteiger partial charge in [-0.25, -0.2) is 0 Å². The van der Waals surface area contributed by atoms with E-state index in [0.717, 1.165) is 11.3 Å². The topological polar surface area (TPSA) is 69.2 Å². The third kappa shape index (κ3) is 5.35. The second-order valence-electron chi connectivity index (χ2n) is 6.04. The van der Waals surface area contributed by atoms with Gasteiger partial charge in [0.1, 0.15) is 31.0 Å². The highest BCUT2D eigenvalue weighted by molar-refractivity contribution is 6.45. The molecule has 1 N–H and O–H groups in total. The van der Waals surface area contributed by atoms with Crippen LogP contribution in [0.15, 0.2) is 84.0 Å². The molecule has 0 unspecified atom stereocenters. The summed E-state index contributed by atoms with van der Waals surface area (Å²) in [5.74, 6) is 1.74. The number of nitrogens with zero attached hydrogens (tertiary/aromatic N) is 1. The van der Waals surface area contributed by atoms with E-state index in [9.17, 15) is 4.79 Å². The lowest BCUT2D eigenvalue weighted by Gasteiger charge is -2.13. The largest absolute Gasteiger partial charge is 0.489 e. The van der Waals surface area contributed by atoms with Crippen LogP contribution in [0.4, 0.5) is 0 Å². The molecule has 0 saturated heterocycles. The zero-order chi connectivity index (χ0) is 20.5. The first-order valence-electron chi connectivity index (χ1n) is 9.08. The average molecular weight is 390 g/mol. The Kier molecular flexibility index (Phi) is 6.84. The summed E-state index contributed by atoms with van der Waals surface area (Å²) in [6.45, 7) is 0.255. The van der Waals surface area contributed by atoms with Crippen molar-refractivity contribution >= 4 is 11.6 Å². The van der Waals surface area contributed by atoms with Gasteiger partial charge in [0.05, 0.1) is 0 Å². The van der Waals surface area contributed by atoms with Crippen LogP contribution in [0.3, 0.4) is 0 Å². The Morgan fingerprint density at radius 2 is 1.59 bits per heavy atom. The van der Waals surface area contributed by atoms with E-state index in [2.05, 4.69) is 10.5 Å². The van der Waals surface area contributed by atoms with E-state index in [4.69, 9.17) is 14.3 Å². The van der Waals surface area contributed by atoms with E-state index >= 15 is 0 Å².